The molecule has 5 rings (SSSR count). The molecule has 2 amide bonds. The topological polar surface area (TPSA) is 84.2 Å². The van der Waals surface area contributed by atoms with Gasteiger partial charge in [-0.2, -0.15) is 0 Å². The van der Waals surface area contributed by atoms with Gasteiger partial charge in [-0.15, -0.1) is 0 Å². The van der Waals surface area contributed by atoms with Crippen LogP contribution in [0.2, 0.25) is 0 Å². The number of hydrogen-bond donors (Lipinski definition) is 2. The monoisotopic (exact) mass is 516 g/mol. The van der Waals surface area contributed by atoms with Crippen LogP contribution < -0.4 is 10.6 Å². The van der Waals surface area contributed by atoms with Crippen LogP contribution in [-0.2, 0) is 18.4 Å². The van der Waals surface area contributed by atoms with Crippen LogP contribution in [0.1, 0.15) is 69.1 Å². The summed E-state index contributed by atoms with van der Waals surface area (Å²) in [5.41, 5.74) is 3.96. The summed E-state index contributed by atoms with van der Waals surface area (Å²) in [6, 6.07) is 10.7. The highest BCUT2D eigenvalue weighted by atomic mass is 16.2. The molecule has 2 N–H and O–H groups in total. The highest BCUT2D eigenvalue weighted by Crippen LogP contribution is 2.55. The average molecular weight is 517 g/mol. The molecule has 3 aromatic rings. The second-order valence-corrected chi connectivity index (χ2v) is 12.3. The third kappa shape index (κ3) is 4.89. The highest BCUT2D eigenvalue weighted by molar-refractivity contribution is 6.03. The van der Waals surface area contributed by atoms with Crippen LogP contribution in [0.5, 0.6) is 0 Å². The number of nitrogens with zero attached hydrogens (tertiary/aromatic N) is 4. The number of amides is 2. The number of hydrogen-bond acceptors (Lipinski definition) is 4. The fourth-order valence-electron chi connectivity index (χ4n) is 5.86. The molecular formula is C30H40N6O2. The van der Waals surface area contributed by atoms with Gasteiger partial charge in [-0.1, -0.05) is 33.4 Å². The fourth-order valence-corrected chi connectivity index (χ4v) is 5.86. The van der Waals surface area contributed by atoms with Crippen molar-refractivity contribution in [1.29, 1.82) is 0 Å². The van der Waals surface area contributed by atoms with Gasteiger partial charge in [0.1, 0.15) is 5.69 Å². The lowest BCUT2D eigenvalue weighted by molar-refractivity contribution is -0.125. The number of nitrogens with one attached hydrogen (secondary N) is 2. The van der Waals surface area contributed by atoms with Gasteiger partial charge in [-0.05, 0) is 72.9 Å². The Balaban J connectivity index is 1.41. The van der Waals surface area contributed by atoms with Crippen molar-refractivity contribution in [3.05, 3.63) is 60.4 Å². The van der Waals surface area contributed by atoms with Crippen molar-refractivity contribution < 1.29 is 9.59 Å². The Morgan fingerprint density at radius 2 is 2.03 bits per heavy atom. The minimum Gasteiger partial charge on any atom is -0.347 e. The maximum absolute atomic E-state index is 13.1. The molecular weight excluding hydrogens is 476 g/mol. The molecule has 1 spiro atoms. The molecule has 1 saturated carbocycles. The van der Waals surface area contributed by atoms with Crippen LogP contribution in [0.15, 0.2) is 49.2 Å². The SMILES string of the molecule is C=CC(=O)N1CCC2(CC(n3c(NC(=O)c4cccn4C)nc4cc(CN[C@@H](C)C(C)(C)C)ccc43)C2)C1. The Morgan fingerprint density at radius 1 is 1.26 bits per heavy atom. The third-order valence-corrected chi connectivity index (χ3v) is 8.69. The molecule has 0 radical (unpaired) electrons. The van der Waals surface area contributed by atoms with E-state index in [-0.39, 0.29) is 28.7 Å². The molecule has 3 heterocycles. The largest absolute Gasteiger partial charge is 0.347 e. The predicted octanol–water partition coefficient (Wildman–Crippen LogP) is 4.89. The number of benzene rings is 1. The minimum absolute atomic E-state index is 0.0100. The average Bonchev–Trinajstić information content (AvgIpc) is 3.56. The van der Waals surface area contributed by atoms with Gasteiger partial charge >= 0.3 is 0 Å². The first-order valence-electron chi connectivity index (χ1n) is 13.6. The molecule has 202 valence electrons. The Kier molecular flexibility index (Phi) is 6.71. The van der Waals surface area contributed by atoms with Crippen molar-refractivity contribution in [2.45, 2.75) is 65.6 Å². The lowest BCUT2D eigenvalue weighted by Gasteiger charge is -2.46. The number of aromatic nitrogens is 3. The van der Waals surface area contributed by atoms with Crippen LogP contribution in [0.4, 0.5) is 5.95 Å². The van der Waals surface area contributed by atoms with Crippen molar-refractivity contribution in [1.82, 2.24) is 24.3 Å². The maximum Gasteiger partial charge on any atom is 0.274 e. The van der Waals surface area contributed by atoms with Gasteiger partial charge in [0.15, 0.2) is 0 Å². The van der Waals surface area contributed by atoms with E-state index in [1.165, 1.54) is 6.08 Å². The number of likely N-dealkylation sites (tertiary alicyclic amines) is 1. The van der Waals surface area contributed by atoms with Crippen molar-refractivity contribution in [3.63, 3.8) is 0 Å². The van der Waals surface area contributed by atoms with Crippen molar-refractivity contribution in [2.24, 2.45) is 17.9 Å². The number of rotatable bonds is 7. The molecule has 1 aliphatic carbocycles. The van der Waals surface area contributed by atoms with Crippen LogP contribution in [0, 0.1) is 10.8 Å². The van der Waals surface area contributed by atoms with E-state index in [2.05, 4.69) is 67.7 Å². The highest BCUT2D eigenvalue weighted by Gasteiger charge is 2.50. The molecule has 2 fully saturated rings. The van der Waals surface area contributed by atoms with Gasteiger partial charge in [0.05, 0.1) is 11.0 Å². The van der Waals surface area contributed by atoms with Crippen molar-refractivity contribution in [3.8, 4) is 0 Å². The summed E-state index contributed by atoms with van der Waals surface area (Å²) in [7, 11) is 1.86. The van der Waals surface area contributed by atoms with E-state index in [1.54, 1.807) is 0 Å². The van der Waals surface area contributed by atoms with Gasteiger partial charge in [0, 0.05) is 45.0 Å². The van der Waals surface area contributed by atoms with Gasteiger partial charge in [0.2, 0.25) is 11.9 Å². The van der Waals surface area contributed by atoms with Crippen molar-refractivity contribution in [2.75, 3.05) is 18.4 Å². The number of carbonyl (C=O) groups is 2. The first-order chi connectivity index (χ1) is 18.0. The number of carbonyl (C=O) groups excluding carboxylic acids is 2. The van der Waals surface area contributed by atoms with Gasteiger partial charge in [-0.3, -0.25) is 14.9 Å². The Morgan fingerprint density at radius 3 is 2.68 bits per heavy atom. The molecule has 8 heteroatoms. The fraction of sp³-hybridized carbons (Fsp3) is 0.500. The van der Waals surface area contributed by atoms with Crippen LogP contribution in [0.25, 0.3) is 11.0 Å². The van der Waals surface area contributed by atoms with E-state index >= 15 is 0 Å². The molecule has 2 aromatic heterocycles. The van der Waals surface area contributed by atoms with Crippen LogP contribution in [0.3, 0.4) is 0 Å². The number of anilines is 1. The number of aryl methyl sites for hydroxylation is 1. The summed E-state index contributed by atoms with van der Waals surface area (Å²) in [4.78, 5) is 32.1. The zero-order valence-corrected chi connectivity index (χ0v) is 23.3. The predicted molar refractivity (Wildman–Crippen MR) is 151 cm³/mol. The van der Waals surface area contributed by atoms with E-state index in [4.69, 9.17) is 4.98 Å². The van der Waals surface area contributed by atoms with Crippen molar-refractivity contribution >= 4 is 28.8 Å². The van der Waals surface area contributed by atoms with Crippen LogP contribution in [-0.4, -0.2) is 50.0 Å². The molecule has 1 aromatic carbocycles. The molecule has 2 aliphatic rings. The molecule has 1 aliphatic heterocycles. The summed E-state index contributed by atoms with van der Waals surface area (Å²) >= 11 is 0. The zero-order chi connectivity index (χ0) is 27.2. The standard InChI is InChI=1S/C30H40N6O2/c1-7-26(37)35-14-12-30(19-35)16-22(17-30)36-24-11-10-21(18-31-20(2)29(3,4)5)15-23(24)32-28(36)33-27(38)25-9-8-13-34(25)6/h7-11,13,15,20,22,31H,1,12,14,16-19H2,2-6H3,(H,32,33,38)/t20-,22?,30?/m0/s1. The third-order valence-electron chi connectivity index (χ3n) is 8.69. The van der Waals surface area contributed by atoms with Crippen LogP contribution >= 0.6 is 0 Å². The maximum atomic E-state index is 13.1. The minimum atomic E-state index is -0.174. The normalized spacial score (nSPS) is 22.0. The molecule has 1 atom stereocenters. The van der Waals surface area contributed by atoms with E-state index in [0.29, 0.717) is 17.7 Å². The Labute approximate surface area is 225 Å². The lowest BCUT2D eigenvalue weighted by atomic mass is 9.64. The quantitative estimate of drug-likeness (QED) is 0.438. The summed E-state index contributed by atoms with van der Waals surface area (Å²) in [5.74, 6) is 0.416. The lowest BCUT2D eigenvalue weighted by Crippen LogP contribution is -2.42. The van der Waals surface area contributed by atoms with Gasteiger partial charge < -0.3 is 19.4 Å². The summed E-state index contributed by atoms with van der Waals surface area (Å²) in [5, 5.41) is 6.73. The van der Waals surface area contributed by atoms with Gasteiger partial charge in [-0.25, -0.2) is 4.98 Å². The summed E-state index contributed by atoms with van der Waals surface area (Å²) < 4.78 is 4.01. The molecule has 0 bridgehead atoms. The Hall–Kier alpha value is -3.39. The van der Waals surface area contributed by atoms with E-state index < -0.39 is 0 Å². The van der Waals surface area contributed by atoms with E-state index in [9.17, 15) is 9.59 Å². The number of fused-ring (bicyclic) bond motifs is 1. The summed E-state index contributed by atoms with van der Waals surface area (Å²) in [6.45, 7) is 14.9. The van der Waals surface area contributed by atoms with E-state index in [0.717, 1.165) is 55.5 Å². The molecule has 38 heavy (non-hydrogen) atoms. The molecule has 1 saturated heterocycles. The van der Waals surface area contributed by atoms with E-state index in [1.807, 2.05) is 34.8 Å². The zero-order valence-electron chi connectivity index (χ0n) is 23.3. The Bertz CT molecular complexity index is 1370. The smallest absolute Gasteiger partial charge is 0.274 e. The summed E-state index contributed by atoms with van der Waals surface area (Å²) in [6.07, 6.45) is 6.19. The molecule has 0 unspecified atom stereocenters. The first-order valence-corrected chi connectivity index (χ1v) is 13.6. The second-order valence-electron chi connectivity index (χ2n) is 12.3. The number of imidazole rings is 1. The second kappa shape index (κ2) is 9.73. The van der Waals surface area contributed by atoms with Gasteiger partial charge in [0.25, 0.3) is 5.91 Å². The molecule has 8 nitrogen and oxygen atoms in total. The first kappa shape index (κ1) is 26.2.